The first-order valence-electron chi connectivity index (χ1n) is 6.30. The Balaban J connectivity index is 0.00000180. The second-order valence-corrected chi connectivity index (χ2v) is 5.59. The zero-order chi connectivity index (χ0) is 13.2. The van der Waals surface area contributed by atoms with Crippen LogP contribution in [-0.4, -0.2) is 7.05 Å². The van der Waals surface area contributed by atoms with Gasteiger partial charge in [0.1, 0.15) is 0 Å². The summed E-state index contributed by atoms with van der Waals surface area (Å²) in [5.41, 5.74) is 3.66. The quantitative estimate of drug-likeness (QED) is 0.573. The Morgan fingerprint density at radius 2 is 1.53 bits per heavy atom. The Morgan fingerprint density at radius 3 is 2.11 bits per heavy atom. The minimum absolute atomic E-state index is 0. The van der Waals surface area contributed by atoms with Gasteiger partial charge in [0.05, 0.1) is 0 Å². The maximum atomic E-state index is 3.51. The Hall–Kier alpha value is -1.16. The van der Waals surface area contributed by atoms with Gasteiger partial charge in [-0.2, -0.15) is 23.8 Å². The van der Waals surface area contributed by atoms with Crippen molar-refractivity contribution >= 4 is 11.4 Å². The maximum Gasteiger partial charge on any atom is 1.00 e. The molecule has 0 aliphatic rings. The first kappa shape index (κ1) is 15.9. The molecule has 1 nitrogen and oxygen atoms in total. The van der Waals surface area contributed by atoms with Crippen molar-refractivity contribution in [2.24, 2.45) is 0 Å². The Bertz CT molecular complexity index is 514. The van der Waals surface area contributed by atoms with Crippen molar-refractivity contribution in [3.8, 4) is 0 Å². The monoisotopic (exact) mass is 245 g/mol. The first-order valence-corrected chi connectivity index (χ1v) is 6.30. The van der Waals surface area contributed by atoms with E-state index in [1.807, 2.05) is 6.07 Å². The van der Waals surface area contributed by atoms with Crippen LogP contribution < -0.4 is 23.8 Å². The predicted octanol–water partition coefficient (Wildman–Crippen LogP) is 1.56. The molecular weight excluding hydrogens is 225 g/mol. The van der Waals surface area contributed by atoms with Gasteiger partial charge in [0.2, 0.25) is 0 Å². The Morgan fingerprint density at radius 1 is 0.895 bits per heavy atom. The van der Waals surface area contributed by atoms with Crippen molar-refractivity contribution < 1.29 is 18.9 Å². The summed E-state index contributed by atoms with van der Waals surface area (Å²) < 4.78 is 0. The van der Waals surface area contributed by atoms with Gasteiger partial charge in [-0.1, -0.05) is 44.7 Å². The number of benzene rings is 2. The molecule has 0 heterocycles. The van der Waals surface area contributed by atoms with Crippen molar-refractivity contribution in [3.63, 3.8) is 0 Å². The molecule has 2 aromatic rings. The van der Waals surface area contributed by atoms with Gasteiger partial charge in [-0.05, 0) is 17.5 Å². The number of hydrogen-bond donors (Lipinski definition) is 0. The van der Waals surface area contributed by atoms with Crippen LogP contribution in [0.4, 0.5) is 11.4 Å². The molecule has 0 unspecified atom stereocenters. The van der Waals surface area contributed by atoms with E-state index in [4.69, 9.17) is 0 Å². The summed E-state index contributed by atoms with van der Waals surface area (Å²) in [5, 5.41) is 0. The number of anilines is 2. The second kappa shape index (κ2) is 6.33. The molecule has 2 aromatic carbocycles. The van der Waals surface area contributed by atoms with Crippen LogP contribution in [0.5, 0.6) is 0 Å². The molecular formula is C17H20LiN. The molecule has 0 fully saturated rings. The van der Waals surface area contributed by atoms with Gasteiger partial charge in [0.25, 0.3) is 0 Å². The molecule has 2 rings (SSSR count). The van der Waals surface area contributed by atoms with Gasteiger partial charge >= 0.3 is 18.9 Å². The van der Waals surface area contributed by atoms with Gasteiger partial charge in [-0.15, -0.1) is 6.07 Å². The summed E-state index contributed by atoms with van der Waals surface area (Å²) in [7, 11) is 2.08. The first-order chi connectivity index (χ1) is 8.48. The summed E-state index contributed by atoms with van der Waals surface area (Å²) in [6.45, 7) is 6.64. The van der Waals surface area contributed by atoms with Crippen molar-refractivity contribution in [1.82, 2.24) is 0 Å². The number of rotatable bonds is 2. The van der Waals surface area contributed by atoms with Crippen LogP contribution in [0.25, 0.3) is 0 Å². The third-order valence-corrected chi connectivity index (χ3v) is 3.09. The molecule has 2 heteroatoms. The molecule has 0 saturated carbocycles. The minimum Gasteiger partial charge on any atom is -0.368 e. The van der Waals surface area contributed by atoms with Crippen LogP contribution in [0.15, 0.2) is 48.5 Å². The van der Waals surface area contributed by atoms with Crippen LogP contribution in [0, 0.1) is 6.07 Å². The molecule has 0 aliphatic carbocycles. The summed E-state index contributed by atoms with van der Waals surface area (Å²) >= 11 is 0. The van der Waals surface area contributed by atoms with Gasteiger partial charge < -0.3 is 4.90 Å². The largest absolute Gasteiger partial charge is 1.00 e. The van der Waals surface area contributed by atoms with E-state index in [1.54, 1.807) is 0 Å². The van der Waals surface area contributed by atoms with Crippen LogP contribution in [0.1, 0.15) is 26.3 Å². The summed E-state index contributed by atoms with van der Waals surface area (Å²) in [4.78, 5) is 2.16. The van der Waals surface area contributed by atoms with E-state index in [0.29, 0.717) is 0 Å². The smallest absolute Gasteiger partial charge is 0.368 e. The van der Waals surface area contributed by atoms with E-state index in [1.165, 1.54) is 11.3 Å². The van der Waals surface area contributed by atoms with Crippen molar-refractivity contribution in [1.29, 1.82) is 0 Å². The van der Waals surface area contributed by atoms with Crippen LogP contribution in [0.3, 0.4) is 0 Å². The molecule has 19 heavy (non-hydrogen) atoms. The molecule has 0 atom stereocenters. The van der Waals surface area contributed by atoms with Crippen LogP contribution in [-0.2, 0) is 5.41 Å². The maximum absolute atomic E-state index is 3.51. The van der Waals surface area contributed by atoms with E-state index < -0.39 is 0 Å². The average Bonchev–Trinajstić information content (AvgIpc) is 2.38. The SMILES string of the molecule is CN(c1[c-]c(C(C)(C)C)ccc1)c1ccccc1.[Li+]. The fourth-order valence-corrected chi connectivity index (χ4v) is 1.88. The van der Waals surface area contributed by atoms with E-state index in [-0.39, 0.29) is 24.3 Å². The van der Waals surface area contributed by atoms with Crippen molar-refractivity contribution in [3.05, 3.63) is 60.2 Å². The van der Waals surface area contributed by atoms with E-state index in [0.717, 1.165) is 5.69 Å². The third kappa shape index (κ3) is 3.90. The third-order valence-electron chi connectivity index (χ3n) is 3.09. The number of para-hydroxylation sites is 1. The molecule has 94 valence electrons. The van der Waals surface area contributed by atoms with Crippen molar-refractivity contribution in [2.45, 2.75) is 26.2 Å². The fraction of sp³-hybridized carbons (Fsp3) is 0.294. The molecule has 0 bridgehead atoms. The zero-order valence-electron chi connectivity index (χ0n) is 12.6. The molecule has 0 N–H and O–H groups in total. The molecule has 0 saturated heterocycles. The van der Waals surface area contributed by atoms with Gasteiger partial charge in [0, 0.05) is 12.7 Å². The van der Waals surface area contributed by atoms with Crippen molar-refractivity contribution in [2.75, 3.05) is 11.9 Å². The van der Waals surface area contributed by atoms with Gasteiger partial charge in [0.15, 0.2) is 0 Å². The summed E-state index contributed by atoms with van der Waals surface area (Å²) in [6, 6.07) is 20.2. The second-order valence-electron chi connectivity index (χ2n) is 5.59. The Kier molecular flexibility index (Phi) is 5.29. The number of hydrogen-bond acceptors (Lipinski definition) is 1. The minimum atomic E-state index is 0. The van der Waals surface area contributed by atoms with Gasteiger partial charge in [-0.25, -0.2) is 0 Å². The molecule has 0 spiro atoms. The summed E-state index contributed by atoms with van der Waals surface area (Å²) in [6.07, 6.45) is 0. The number of nitrogens with zero attached hydrogens (tertiary/aromatic N) is 1. The van der Waals surface area contributed by atoms with Crippen LogP contribution in [0.2, 0.25) is 0 Å². The topological polar surface area (TPSA) is 3.24 Å². The Labute approximate surface area is 128 Å². The fourth-order valence-electron chi connectivity index (χ4n) is 1.88. The molecule has 0 amide bonds. The van der Waals surface area contributed by atoms with Gasteiger partial charge in [-0.3, -0.25) is 0 Å². The van der Waals surface area contributed by atoms with Crippen LogP contribution >= 0.6 is 0 Å². The standard InChI is InChI=1S/C17H20N.Li/c1-17(2,3)14-9-8-12-16(13-14)18(4)15-10-6-5-7-11-15;/h5-12H,1-4H3;/q-1;+1. The average molecular weight is 245 g/mol. The molecule has 0 aliphatic heterocycles. The van der Waals surface area contributed by atoms with E-state index >= 15 is 0 Å². The van der Waals surface area contributed by atoms with E-state index in [9.17, 15) is 0 Å². The molecule has 0 radical (unpaired) electrons. The summed E-state index contributed by atoms with van der Waals surface area (Å²) in [5.74, 6) is 0. The zero-order valence-corrected chi connectivity index (χ0v) is 12.6. The normalized spacial score (nSPS) is 10.7. The van der Waals surface area contributed by atoms with E-state index in [2.05, 4.69) is 81.2 Å². The predicted molar refractivity (Wildman–Crippen MR) is 78.5 cm³/mol. The molecule has 0 aromatic heterocycles.